The smallest absolute Gasteiger partial charge is 0.407 e. The second-order valence-corrected chi connectivity index (χ2v) is 4.48. The first-order chi connectivity index (χ1) is 8.65. The summed E-state index contributed by atoms with van der Waals surface area (Å²) in [6.07, 6.45) is 4.17. The van der Waals surface area contributed by atoms with Gasteiger partial charge in [-0.2, -0.15) is 0 Å². The van der Waals surface area contributed by atoms with Crippen LogP contribution in [0.5, 0.6) is 0 Å². The third-order valence-electron chi connectivity index (χ3n) is 2.94. The standard InChI is InChI=1S/C15H17NO2/c1-11(8-9-13-6-4-3-5-7-13)10-14-12(2)16-15(17)18-14/h3-9,12,14H,1,10H2,2H3,(H,16,17)/b9-8+/t12-,14-/m0/s1. The SMILES string of the molecule is C=C(/C=C/c1ccccc1)C[C@@H]1OC(=O)N[C@H]1C. The molecule has 1 aliphatic rings. The lowest BCUT2D eigenvalue weighted by atomic mass is 10.0. The Morgan fingerprint density at radius 2 is 2.17 bits per heavy atom. The van der Waals surface area contributed by atoms with E-state index in [9.17, 15) is 4.79 Å². The van der Waals surface area contributed by atoms with Gasteiger partial charge in [0.1, 0.15) is 6.10 Å². The minimum Gasteiger partial charge on any atom is -0.444 e. The number of alkyl carbamates (subject to hydrolysis) is 1. The molecule has 0 unspecified atom stereocenters. The van der Waals surface area contributed by atoms with Crippen molar-refractivity contribution in [3.63, 3.8) is 0 Å². The molecular formula is C15H17NO2. The number of hydrogen-bond acceptors (Lipinski definition) is 2. The molecular weight excluding hydrogens is 226 g/mol. The average Bonchev–Trinajstić information content (AvgIpc) is 2.67. The van der Waals surface area contributed by atoms with Gasteiger partial charge in [0.15, 0.2) is 0 Å². The second kappa shape index (κ2) is 5.54. The highest BCUT2D eigenvalue weighted by Gasteiger charge is 2.30. The van der Waals surface area contributed by atoms with Crippen LogP contribution in [0, 0.1) is 0 Å². The second-order valence-electron chi connectivity index (χ2n) is 4.48. The van der Waals surface area contributed by atoms with Crippen molar-refractivity contribution in [1.29, 1.82) is 0 Å². The fraction of sp³-hybridized carbons (Fsp3) is 0.267. The molecule has 18 heavy (non-hydrogen) atoms. The van der Waals surface area contributed by atoms with Crippen molar-refractivity contribution in [2.45, 2.75) is 25.5 Å². The molecule has 1 aromatic rings. The number of cyclic esters (lactones) is 1. The van der Waals surface area contributed by atoms with E-state index >= 15 is 0 Å². The molecule has 1 aliphatic heterocycles. The maximum atomic E-state index is 11.0. The first kappa shape index (κ1) is 12.4. The van der Waals surface area contributed by atoms with Gasteiger partial charge in [0.05, 0.1) is 6.04 Å². The molecule has 3 nitrogen and oxygen atoms in total. The largest absolute Gasteiger partial charge is 0.444 e. The molecule has 0 aromatic heterocycles. The van der Waals surface area contributed by atoms with E-state index < -0.39 is 0 Å². The van der Waals surface area contributed by atoms with Crippen LogP contribution in [0.4, 0.5) is 4.79 Å². The summed E-state index contributed by atoms with van der Waals surface area (Å²) < 4.78 is 5.15. The van der Waals surface area contributed by atoms with Crippen LogP contribution in [-0.2, 0) is 4.74 Å². The number of rotatable bonds is 4. The number of carbonyl (C=O) groups is 1. The zero-order valence-electron chi connectivity index (χ0n) is 10.4. The summed E-state index contributed by atoms with van der Waals surface area (Å²) >= 11 is 0. The molecule has 0 aliphatic carbocycles. The van der Waals surface area contributed by atoms with Crippen LogP contribution in [0.2, 0.25) is 0 Å². The normalized spacial score (nSPS) is 22.8. The lowest BCUT2D eigenvalue weighted by molar-refractivity contribution is 0.133. The van der Waals surface area contributed by atoms with Crippen molar-refractivity contribution >= 4 is 12.2 Å². The topological polar surface area (TPSA) is 38.3 Å². The van der Waals surface area contributed by atoms with E-state index in [4.69, 9.17) is 4.74 Å². The minimum absolute atomic E-state index is 0.0411. The van der Waals surface area contributed by atoms with Crippen LogP contribution in [0.1, 0.15) is 18.9 Å². The Morgan fingerprint density at radius 3 is 2.78 bits per heavy atom. The van der Waals surface area contributed by atoms with Crippen LogP contribution in [-0.4, -0.2) is 18.2 Å². The quantitative estimate of drug-likeness (QED) is 0.825. The van der Waals surface area contributed by atoms with Gasteiger partial charge in [0.25, 0.3) is 0 Å². The molecule has 94 valence electrons. The van der Waals surface area contributed by atoms with Crippen molar-refractivity contribution in [3.05, 3.63) is 54.1 Å². The zero-order chi connectivity index (χ0) is 13.0. The molecule has 0 saturated carbocycles. The number of allylic oxidation sites excluding steroid dienone is 1. The Bertz CT molecular complexity index is 465. The molecule has 1 heterocycles. The zero-order valence-corrected chi connectivity index (χ0v) is 10.4. The maximum absolute atomic E-state index is 11.0. The van der Waals surface area contributed by atoms with E-state index in [1.54, 1.807) is 0 Å². The Kier molecular flexibility index (Phi) is 3.82. The van der Waals surface area contributed by atoms with Gasteiger partial charge < -0.3 is 10.1 Å². The molecule has 1 N–H and O–H groups in total. The van der Waals surface area contributed by atoms with E-state index in [1.165, 1.54) is 0 Å². The van der Waals surface area contributed by atoms with E-state index in [-0.39, 0.29) is 18.2 Å². The van der Waals surface area contributed by atoms with E-state index in [1.807, 2.05) is 49.4 Å². The summed E-state index contributed by atoms with van der Waals surface area (Å²) in [5.41, 5.74) is 2.08. The Morgan fingerprint density at radius 1 is 1.44 bits per heavy atom. The average molecular weight is 243 g/mol. The summed E-state index contributed by atoms with van der Waals surface area (Å²) in [6, 6.07) is 10.1. The molecule has 0 radical (unpaired) electrons. The fourth-order valence-electron chi connectivity index (χ4n) is 1.88. The lowest BCUT2D eigenvalue weighted by Gasteiger charge is -2.12. The molecule has 1 saturated heterocycles. The summed E-state index contributed by atoms with van der Waals surface area (Å²) in [5.74, 6) is 0. The van der Waals surface area contributed by atoms with Crippen molar-refractivity contribution in [3.8, 4) is 0 Å². The third-order valence-corrected chi connectivity index (χ3v) is 2.94. The maximum Gasteiger partial charge on any atom is 0.407 e. The highest BCUT2D eigenvalue weighted by atomic mass is 16.6. The van der Waals surface area contributed by atoms with Crippen LogP contribution in [0.25, 0.3) is 6.08 Å². The molecule has 1 aromatic carbocycles. The van der Waals surface area contributed by atoms with Gasteiger partial charge in [0.2, 0.25) is 0 Å². The fourth-order valence-corrected chi connectivity index (χ4v) is 1.88. The van der Waals surface area contributed by atoms with Gasteiger partial charge in [-0.15, -0.1) is 0 Å². The van der Waals surface area contributed by atoms with Gasteiger partial charge in [-0.25, -0.2) is 4.79 Å². The Balaban J connectivity index is 1.89. The van der Waals surface area contributed by atoms with Crippen molar-refractivity contribution in [1.82, 2.24) is 5.32 Å². The number of hydrogen-bond donors (Lipinski definition) is 1. The van der Waals surface area contributed by atoms with Crippen LogP contribution in [0.15, 0.2) is 48.6 Å². The summed E-state index contributed by atoms with van der Waals surface area (Å²) in [5, 5.41) is 2.72. The molecule has 1 fully saturated rings. The predicted molar refractivity (Wildman–Crippen MR) is 72.1 cm³/mol. The number of benzene rings is 1. The first-order valence-electron chi connectivity index (χ1n) is 6.03. The van der Waals surface area contributed by atoms with Crippen molar-refractivity contribution in [2.24, 2.45) is 0 Å². The van der Waals surface area contributed by atoms with Gasteiger partial charge in [-0.05, 0) is 12.5 Å². The van der Waals surface area contributed by atoms with Gasteiger partial charge in [-0.3, -0.25) is 0 Å². The summed E-state index contributed by atoms with van der Waals surface area (Å²) in [7, 11) is 0. The predicted octanol–water partition coefficient (Wildman–Crippen LogP) is 3.14. The molecule has 1 amide bonds. The monoisotopic (exact) mass is 243 g/mol. The van der Waals surface area contributed by atoms with E-state index in [0.29, 0.717) is 6.42 Å². The van der Waals surface area contributed by atoms with E-state index in [2.05, 4.69) is 11.9 Å². The van der Waals surface area contributed by atoms with Gasteiger partial charge >= 0.3 is 6.09 Å². The van der Waals surface area contributed by atoms with E-state index in [0.717, 1.165) is 11.1 Å². The molecule has 2 rings (SSSR count). The molecule has 2 atom stereocenters. The molecule has 0 bridgehead atoms. The Labute approximate surface area is 107 Å². The Hall–Kier alpha value is -2.03. The molecule has 3 heteroatoms. The summed E-state index contributed by atoms with van der Waals surface area (Å²) in [6.45, 7) is 5.92. The molecule has 0 spiro atoms. The minimum atomic E-state index is -0.340. The first-order valence-corrected chi connectivity index (χ1v) is 6.03. The van der Waals surface area contributed by atoms with Gasteiger partial charge in [-0.1, -0.05) is 54.6 Å². The van der Waals surface area contributed by atoms with Crippen LogP contribution >= 0.6 is 0 Å². The number of amides is 1. The van der Waals surface area contributed by atoms with Crippen molar-refractivity contribution < 1.29 is 9.53 Å². The number of nitrogens with one attached hydrogen (secondary N) is 1. The van der Waals surface area contributed by atoms with Crippen LogP contribution < -0.4 is 5.32 Å². The summed E-state index contributed by atoms with van der Waals surface area (Å²) in [4.78, 5) is 11.0. The highest BCUT2D eigenvalue weighted by molar-refractivity contribution is 5.70. The van der Waals surface area contributed by atoms with Crippen molar-refractivity contribution in [2.75, 3.05) is 0 Å². The number of carbonyl (C=O) groups excluding carboxylic acids is 1. The lowest BCUT2D eigenvalue weighted by Crippen LogP contribution is -2.27. The third kappa shape index (κ3) is 3.23. The number of ether oxygens (including phenoxy) is 1. The highest BCUT2D eigenvalue weighted by Crippen LogP contribution is 2.17. The van der Waals surface area contributed by atoms with Gasteiger partial charge in [0, 0.05) is 6.42 Å². The van der Waals surface area contributed by atoms with Crippen LogP contribution in [0.3, 0.4) is 0 Å².